The third kappa shape index (κ3) is 11.1. The molecule has 0 aliphatic rings. The Morgan fingerprint density at radius 1 is 0.848 bits per heavy atom. The molecule has 12 nitrogen and oxygen atoms in total. The molecule has 3 N–H and O–H groups in total. The third-order valence-corrected chi connectivity index (χ3v) is 10.9. The van der Waals surface area contributed by atoms with Crippen molar-refractivity contribution in [2.24, 2.45) is 0 Å². The SMILES string of the molecule is CCCN(CC(O)C(Cc1ccccc1)NC(=O)c1cc(C(=O)N(CCC)CCC)cc(S(=O)(=O)N(C)C)c1)NS(=O)(=O)C(C)C. The standard InChI is InChI=1S/C32H51N5O7S2/c1-8-16-36(17-9-2)32(40)27-20-26(21-28(22-27)46(43,44)35(6)7)31(39)33-29(19-25-14-12-11-13-15-25)30(38)23-37(18-10-3)34-45(41,42)24(4)5/h11-15,20-22,24,29-30,34,38H,8-10,16-19,23H2,1-7H3,(H,33,39). The molecule has 0 spiro atoms. The van der Waals surface area contributed by atoms with E-state index in [1.165, 1.54) is 37.3 Å². The van der Waals surface area contributed by atoms with E-state index in [1.54, 1.807) is 18.7 Å². The molecule has 0 bridgehead atoms. The Kier molecular flexibility index (Phi) is 15.3. The van der Waals surface area contributed by atoms with Crippen molar-refractivity contribution < 1.29 is 31.5 Å². The van der Waals surface area contributed by atoms with Crippen molar-refractivity contribution in [3.05, 3.63) is 65.2 Å². The second-order valence-corrected chi connectivity index (χ2v) is 16.2. The van der Waals surface area contributed by atoms with Gasteiger partial charge >= 0.3 is 0 Å². The van der Waals surface area contributed by atoms with Crippen LogP contribution in [0.1, 0.15) is 80.2 Å². The molecule has 2 atom stereocenters. The first-order valence-electron chi connectivity index (χ1n) is 15.7. The number of amides is 2. The van der Waals surface area contributed by atoms with Gasteiger partial charge in [-0.25, -0.2) is 26.1 Å². The van der Waals surface area contributed by atoms with E-state index in [9.17, 15) is 31.5 Å². The van der Waals surface area contributed by atoms with Crippen molar-refractivity contribution in [2.45, 2.75) is 82.6 Å². The van der Waals surface area contributed by atoms with Gasteiger partial charge in [-0.1, -0.05) is 51.1 Å². The van der Waals surface area contributed by atoms with Gasteiger partial charge in [-0.3, -0.25) is 9.59 Å². The van der Waals surface area contributed by atoms with Gasteiger partial charge in [0.2, 0.25) is 20.0 Å². The highest BCUT2D eigenvalue weighted by molar-refractivity contribution is 7.90. The van der Waals surface area contributed by atoms with Crippen LogP contribution in [0.2, 0.25) is 0 Å². The molecule has 2 unspecified atom stereocenters. The summed E-state index contributed by atoms with van der Waals surface area (Å²) in [6.45, 7) is 9.99. The number of nitrogens with zero attached hydrogens (tertiary/aromatic N) is 3. The number of benzene rings is 2. The molecule has 14 heteroatoms. The van der Waals surface area contributed by atoms with Crippen LogP contribution < -0.4 is 10.1 Å². The van der Waals surface area contributed by atoms with E-state index in [-0.39, 0.29) is 34.9 Å². The highest BCUT2D eigenvalue weighted by Crippen LogP contribution is 2.21. The van der Waals surface area contributed by atoms with Gasteiger partial charge in [-0.15, -0.1) is 4.83 Å². The molecule has 2 rings (SSSR count). The zero-order chi connectivity index (χ0) is 34.7. The van der Waals surface area contributed by atoms with E-state index in [0.29, 0.717) is 38.9 Å². The first kappa shape index (κ1) is 39.3. The van der Waals surface area contributed by atoms with Crippen LogP contribution in [-0.2, 0) is 26.5 Å². The number of carbonyl (C=O) groups excluding carboxylic acids is 2. The quantitative estimate of drug-likeness (QED) is 0.191. The molecule has 0 aliphatic heterocycles. The summed E-state index contributed by atoms with van der Waals surface area (Å²) < 4.78 is 52.6. The Morgan fingerprint density at radius 3 is 1.93 bits per heavy atom. The van der Waals surface area contributed by atoms with Crippen molar-refractivity contribution in [2.75, 3.05) is 40.3 Å². The van der Waals surface area contributed by atoms with Crippen molar-refractivity contribution in [1.82, 2.24) is 24.4 Å². The number of hydrazine groups is 1. The highest BCUT2D eigenvalue weighted by Gasteiger charge is 2.29. The minimum absolute atomic E-state index is 0.0598. The lowest BCUT2D eigenvalue weighted by molar-refractivity contribution is 0.0618. The van der Waals surface area contributed by atoms with Crippen LogP contribution in [0.5, 0.6) is 0 Å². The number of aliphatic hydroxyl groups is 1. The van der Waals surface area contributed by atoms with Crippen LogP contribution in [-0.4, -0.2) is 106 Å². The van der Waals surface area contributed by atoms with E-state index >= 15 is 0 Å². The zero-order valence-electron chi connectivity index (χ0n) is 28.1. The molecule has 0 aromatic heterocycles. The normalized spacial score (nSPS) is 13.6. The van der Waals surface area contributed by atoms with E-state index in [0.717, 1.165) is 9.87 Å². The molecule has 2 aromatic carbocycles. The van der Waals surface area contributed by atoms with Crippen molar-refractivity contribution in [3.63, 3.8) is 0 Å². The minimum Gasteiger partial charge on any atom is -0.390 e. The lowest BCUT2D eigenvalue weighted by Gasteiger charge is -2.30. The number of sulfonamides is 2. The summed E-state index contributed by atoms with van der Waals surface area (Å²) in [7, 11) is -4.97. The first-order chi connectivity index (χ1) is 21.6. The fourth-order valence-electron chi connectivity index (χ4n) is 4.74. The average Bonchev–Trinajstić information content (AvgIpc) is 3.00. The Labute approximate surface area is 275 Å². The van der Waals surface area contributed by atoms with E-state index < -0.39 is 43.3 Å². The monoisotopic (exact) mass is 681 g/mol. The molecule has 0 radical (unpaired) electrons. The van der Waals surface area contributed by atoms with Gasteiger partial charge < -0.3 is 15.3 Å². The summed E-state index contributed by atoms with van der Waals surface area (Å²) in [5.74, 6) is -1.07. The van der Waals surface area contributed by atoms with Gasteiger partial charge in [-0.2, -0.15) is 0 Å². The Hall–Kier alpha value is -2.88. The third-order valence-electron chi connectivity index (χ3n) is 7.33. The molecular weight excluding hydrogens is 631 g/mol. The summed E-state index contributed by atoms with van der Waals surface area (Å²) in [5.41, 5.74) is 0.814. The molecule has 2 amide bonds. The molecule has 0 saturated carbocycles. The predicted octanol–water partition coefficient (Wildman–Crippen LogP) is 2.86. The van der Waals surface area contributed by atoms with Gasteiger partial charge in [0.15, 0.2) is 0 Å². The summed E-state index contributed by atoms with van der Waals surface area (Å²) in [5, 5.41) is 15.0. The minimum atomic E-state index is -4.02. The van der Waals surface area contributed by atoms with Gasteiger partial charge in [-0.05, 0) is 63.3 Å². The second-order valence-electron chi connectivity index (χ2n) is 11.8. The molecule has 0 aliphatic carbocycles. The molecule has 0 heterocycles. The average molecular weight is 682 g/mol. The number of hydrogen-bond donors (Lipinski definition) is 3. The van der Waals surface area contributed by atoms with Gasteiger partial charge in [0.1, 0.15) is 0 Å². The van der Waals surface area contributed by atoms with Gasteiger partial charge in [0.25, 0.3) is 11.8 Å². The Morgan fingerprint density at radius 2 is 1.41 bits per heavy atom. The fraction of sp³-hybridized carbons (Fsp3) is 0.562. The van der Waals surface area contributed by atoms with Crippen molar-refractivity contribution in [3.8, 4) is 0 Å². The maximum Gasteiger partial charge on any atom is 0.253 e. The van der Waals surface area contributed by atoms with E-state index in [4.69, 9.17) is 0 Å². The summed E-state index contributed by atoms with van der Waals surface area (Å²) in [6.07, 6.45) is 0.976. The molecule has 0 fully saturated rings. The van der Waals surface area contributed by atoms with Crippen LogP contribution in [0.15, 0.2) is 53.4 Å². The van der Waals surface area contributed by atoms with Crippen molar-refractivity contribution in [1.29, 1.82) is 0 Å². The summed E-state index contributed by atoms with van der Waals surface area (Å²) in [4.78, 5) is 31.3. The second kappa shape index (κ2) is 17.9. The largest absolute Gasteiger partial charge is 0.390 e. The van der Waals surface area contributed by atoms with Crippen molar-refractivity contribution >= 4 is 31.9 Å². The van der Waals surface area contributed by atoms with Gasteiger partial charge in [0, 0.05) is 51.4 Å². The van der Waals surface area contributed by atoms with E-state index in [2.05, 4.69) is 10.1 Å². The smallest absolute Gasteiger partial charge is 0.253 e. The number of rotatable bonds is 19. The molecule has 2 aromatic rings. The lowest BCUT2D eigenvalue weighted by Crippen LogP contribution is -2.54. The number of aliphatic hydroxyl groups excluding tert-OH is 1. The molecular formula is C32H51N5O7S2. The molecule has 258 valence electrons. The van der Waals surface area contributed by atoms with Crippen LogP contribution >= 0.6 is 0 Å². The topological polar surface area (TPSA) is 156 Å². The van der Waals surface area contributed by atoms with Crippen LogP contribution in [0.4, 0.5) is 0 Å². The van der Waals surface area contributed by atoms with Crippen LogP contribution in [0, 0.1) is 0 Å². The maximum absolute atomic E-state index is 13.8. The summed E-state index contributed by atoms with van der Waals surface area (Å²) >= 11 is 0. The fourth-order valence-corrected chi connectivity index (χ4v) is 6.45. The van der Waals surface area contributed by atoms with E-state index in [1.807, 2.05) is 51.1 Å². The van der Waals surface area contributed by atoms with Gasteiger partial charge in [0.05, 0.1) is 22.3 Å². The summed E-state index contributed by atoms with van der Waals surface area (Å²) in [6, 6.07) is 12.2. The number of nitrogens with one attached hydrogen (secondary N) is 2. The van der Waals surface area contributed by atoms with Crippen LogP contribution in [0.3, 0.4) is 0 Å². The first-order valence-corrected chi connectivity index (χ1v) is 18.7. The molecule has 46 heavy (non-hydrogen) atoms. The maximum atomic E-state index is 13.8. The highest BCUT2D eigenvalue weighted by atomic mass is 32.2. The Balaban J connectivity index is 2.55. The predicted molar refractivity (Wildman–Crippen MR) is 180 cm³/mol. The number of carbonyl (C=O) groups is 2. The zero-order valence-corrected chi connectivity index (χ0v) is 29.7. The molecule has 0 saturated heterocycles. The Bertz CT molecular complexity index is 1490. The van der Waals surface area contributed by atoms with Crippen LogP contribution in [0.25, 0.3) is 0 Å². The lowest BCUT2D eigenvalue weighted by atomic mass is 10.00. The number of hydrogen-bond acceptors (Lipinski definition) is 8.